The third kappa shape index (κ3) is 1.52. The molecule has 0 spiro atoms. The van der Waals surface area contributed by atoms with Gasteiger partial charge >= 0.3 is 0 Å². The largest absolute Gasteiger partial charge is 0.269 e. The molecule has 10 heavy (non-hydrogen) atoms. The van der Waals surface area contributed by atoms with Crippen molar-refractivity contribution in [1.82, 2.24) is 0 Å². The second kappa shape index (κ2) is 3.28. The van der Waals surface area contributed by atoms with Crippen molar-refractivity contribution in [3.63, 3.8) is 0 Å². The zero-order valence-electron chi connectivity index (χ0n) is 5.45. The van der Waals surface area contributed by atoms with Gasteiger partial charge in [0.1, 0.15) is 0 Å². The molecule has 0 atom stereocenters. The highest BCUT2D eigenvalue weighted by Gasteiger charge is 1.88. The Morgan fingerprint density at radius 2 is 1.90 bits per heavy atom. The van der Waals surface area contributed by atoms with Crippen LogP contribution in [0.4, 0.5) is 0 Å². The minimum atomic E-state index is 0.0736. The molecule has 0 saturated heterocycles. The summed E-state index contributed by atoms with van der Waals surface area (Å²) in [6, 6.07) is 7.39. The SMILES string of the molecule is C=Cc1ccc(P=O)cc1. The lowest BCUT2D eigenvalue weighted by molar-refractivity contribution is 0.603. The molecule has 0 aliphatic rings. The van der Waals surface area contributed by atoms with E-state index in [2.05, 4.69) is 6.58 Å². The molecular weight excluding hydrogens is 143 g/mol. The number of benzene rings is 1. The van der Waals surface area contributed by atoms with Crippen LogP contribution in [-0.4, -0.2) is 0 Å². The molecule has 50 valence electrons. The first-order valence-electron chi connectivity index (χ1n) is 2.92. The van der Waals surface area contributed by atoms with Crippen molar-refractivity contribution >= 4 is 19.8 Å². The summed E-state index contributed by atoms with van der Waals surface area (Å²) >= 11 is 0. The summed E-state index contributed by atoms with van der Waals surface area (Å²) in [6.07, 6.45) is 1.76. The quantitative estimate of drug-likeness (QED) is 0.591. The lowest BCUT2D eigenvalue weighted by atomic mass is 10.2. The lowest BCUT2D eigenvalue weighted by Gasteiger charge is -1.90. The number of hydrogen-bond donors (Lipinski definition) is 0. The zero-order valence-corrected chi connectivity index (χ0v) is 6.34. The third-order valence-corrected chi connectivity index (χ3v) is 1.74. The first-order valence-corrected chi connectivity index (χ1v) is 3.74. The van der Waals surface area contributed by atoms with Crippen LogP contribution in [0, 0.1) is 0 Å². The van der Waals surface area contributed by atoms with Gasteiger partial charge in [0.15, 0.2) is 8.46 Å². The van der Waals surface area contributed by atoms with E-state index in [1.807, 2.05) is 24.3 Å². The van der Waals surface area contributed by atoms with Gasteiger partial charge in [0.2, 0.25) is 0 Å². The molecule has 1 nitrogen and oxygen atoms in total. The Labute approximate surface area is 61.6 Å². The molecule has 0 fully saturated rings. The maximum atomic E-state index is 10.3. The fraction of sp³-hybridized carbons (Fsp3) is 0. The summed E-state index contributed by atoms with van der Waals surface area (Å²) in [5, 5.41) is 0.797. The van der Waals surface area contributed by atoms with Crippen LogP contribution >= 0.6 is 8.46 Å². The second-order valence-electron chi connectivity index (χ2n) is 1.89. The molecule has 2 heteroatoms. The van der Waals surface area contributed by atoms with E-state index in [9.17, 15) is 4.57 Å². The molecule has 0 heterocycles. The first-order chi connectivity index (χ1) is 4.86. The standard InChI is InChI=1S/C8H7OP/c1-2-7-3-5-8(10-9)6-4-7/h2-6H,1H2. The Kier molecular flexibility index (Phi) is 2.35. The maximum Gasteiger partial charge on any atom is 0.192 e. The van der Waals surface area contributed by atoms with Crippen LogP contribution in [-0.2, 0) is 4.57 Å². The molecule has 0 aliphatic heterocycles. The van der Waals surface area contributed by atoms with Crippen LogP contribution in [0.25, 0.3) is 6.08 Å². The molecule has 1 aromatic rings. The maximum absolute atomic E-state index is 10.3. The predicted octanol–water partition coefficient (Wildman–Crippen LogP) is 2.25. The molecule has 0 aliphatic carbocycles. The normalized spacial score (nSPS) is 9.60. The summed E-state index contributed by atoms with van der Waals surface area (Å²) in [4.78, 5) is 0. The van der Waals surface area contributed by atoms with Crippen molar-refractivity contribution < 1.29 is 4.57 Å². The van der Waals surface area contributed by atoms with Gasteiger partial charge in [-0.15, -0.1) is 0 Å². The van der Waals surface area contributed by atoms with Crippen LogP contribution < -0.4 is 5.30 Å². The van der Waals surface area contributed by atoms with Crippen molar-refractivity contribution in [3.05, 3.63) is 36.4 Å². The van der Waals surface area contributed by atoms with E-state index in [0.29, 0.717) is 0 Å². The lowest BCUT2D eigenvalue weighted by Crippen LogP contribution is -1.87. The van der Waals surface area contributed by atoms with Gasteiger partial charge in [-0.2, -0.15) is 0 Å². The van der Waals surface area contributed by atoms with Gasteiger partial charge in [-0.1, -0.05) is 24.8 Å². The topological polar surface area (TPSA) is 17.1 Å². The molecule has 0 amide bonds. The molecule has 0 radical (unpaired) electrons. The van der Waals surface area contributed by atoms with Crippen molar-refractivity contribution in [2.24, 2.45) is 0 Å². The smallest absolute Gasteiger partial charge is 0.192 e. The van der Waals surface area contributed by atoms with E-state index in [-0.39, 0.29) is 8.46 Å². The first kappa shape index (κ1) is 7.17. The molecule has 0 N–H and O–H groups in total. The van der Waals surface area contributed by atoms with Crippen LogP contribution in [0.3, 0.4) is 0 Å². The molecular formula is C8H7OP. The van der Waals surface area contributed by atoms with Gasteiger partial charge in [-0.25, -0.2) is 0 Å². The molecule has 0 saturated carbocycles. The minimum absolute atomic E-state index is 0.0736. The summed E-state index contributed by atoms with van der Waals surface area (Å²) < 4.78 is 10.3. The van der Waals surface area contributed by atoms with E-state index >= 15 is 0 Å². The Hall–Kier alpha value is -0.940. The molecule has 0 aromatic heterocycles. The zero-order chi connectivity index (χ0) is 7.40. The fourth-order valence-electron chi connectivity index (χ4n) is 0.671. The van der Waals surface area contributed by atoms with Crippen LogP contribution in [0.1, 0.15) is 5.56 Å². The molecule has 0 unspecified atom stereocenters. The summed E-state index contributed by atoms with van der Waals surface area (Å²) in [7, 11) is 0.0736. The van der Waals surface area contributed by atoms with Gasteiger partial charge in [0, 0.05) is 5.30 Å². The summed E-state index contributed by atoms with van der Waals surface area (Å²) in [5.74, 6) is 0. The van der Waals surface area contributed by atoms with E-state index in [1.165, 1.54) is 0 Å². The van der Waals surface area contributed by atoms with E-state index < -0.39 is 0 Å². The molecule has 1 rings (SSSR count). The summed E-state index contributed by atoms with van der Waals surface area (Å²) in [5.41, 5.74) is 1.05. The number of rotatable bonds is 2. The van der Waals surface area contributed by atoms with Crippen molar-refractivity contribution in [2.45, 2.75) is 0 Å². The van der Waals surface area contributed by atoms with Crippen LogP contribution in [0.2, 0.25) is 0 Å². The van der Waals surface area contributed by atoms with Crippen molar-refractivity contribution in [2.75, 3.05) is 0 Å². The average molecular weight is 150 g/mol. The third-order valence-electron chi connectivity index (χ3n) is 1.23. The van der Waals surface area contributed by atoms with E-state index in [4.69, 9.17) is 0 Å². The van der Waals surface area contributed by atoms with Gasteiger partial charge < -0.3 is 0 Å². The molecule has 1 aromatic carbocycles. The van der Waals surface area contributed by atoms with Gasteiger partial charge in [0.05, 0.1) is 0 Å². The highest BCUT2D eigenvalue weighted by molar-refractivity contribution is 7.34. The molecule has 0 bridgehead atoms. The van der Waals surface area contributed by atoms with Gasteiger partial charge in [-0.3, -0.25) is 4.57 Å². The Morgan fingerprint density at radius 3 is 2.30 bits per heavy atom. The second-order valence-corrected chi connectivity index (χ2v) is 2.59. The minimum Gasteiger partial charge on any atom is -0.269 e. The Morgan fingerprint density at radius 1 is 1.30 bits per heavy atom. The predicted molar refractivity (Wildman–Crippen MR) is 43.8 cm³/mol. The van der Waals surface area contributed by atoms with Gasteiger partial charge in [0.25, 0.3) is 0 Å². The monoisotopic (exact) mass is 150 g/mol. The van der Waals surface area contributed by atoms with E-state index in [1.54, 1.807) is 6.08 Å². The fourth-order valence-corrected chi connectivity index (χ4v) is 0.942. The van der Waals surface area contributed by atoms with Gasteiger partial charge in [-0.05, 0) is 17.7 Å². The average Bonchev–Trinajstić information content (AvgIpc) is 2.05. The highest BCUT2D eigenvalue weighted by Crippen LogP contribution is 2.01. The van der Waals surface area contributed by atoms with Crippen LogP contribution in [0.15, 0.2) is 30.8 Å². The van der Waals surface area contributed by atoms with Crippen LogP contribution in [0.5, 0.6) is 0 Å². The Balaban J connectivity index is 3.00. The Bertz CT molecular complexity index is 211. The summed E-state index contributed by atoms with van der Waals surface area (Å²) in [6.45, 7) is 3.61. The van der Waals surface area contributed by atoms with E-state index in [0.717, 1.165) is 10.9 Å². The highest BCUT2D eigenvalue weighted by atomic mass is 31.1. The van der Waals surface area contributed by atoms with Crippen molar-refractivity contribution in [3.8, 4) is 0 Å². The number of hydrogen-bond acceptors (Lipinski definition) is 1. The van der Waals surface area contributed by atoms with Crippen molar-refractivity contribution in [1.29, 1.82) is 0 Å².